The van der Waals surface area contributed by atoms with Gasteiger partial charge in [0.25, 0.3) is 0 Å². The summed E-state index contributed by atoms with van der Waals surface area (Å²) in [4.78, 5) is 4.72. The van der Waals surface area contributed by atoms with E-state index in [0.29, 0.717) is 0 Å². The number of pyridine rings is 1. The monoisotopic (exact) mass is 409 g/mol. The van der Waals surface area contributed by atoms with E-state index in [1.807, 2.05) is 0 Å². The van der Waals surface area contributed by atoms with E-state index in [2.05, 4.69) is 113 Å². The number of hydrogen-bond acceptors (Lipinski definition) is 1. The molecule has 1 heterocycles. The van der Waals surface area contributed by atoms with E-state index in [1.165, 1.54) is 27.1 Å². The summed E-state index contributed by atoms with van der Waals surface area (Å²) in [5.41, 5.74) is 4.44. The molecule has 2 heteroatoms. The summed E-state index contributed by atoms with van der Waals surface area (Å²) in [6, 6.07) is 34.2. The van der Waals surface area contributed by atoms with E-state index in [9.17, 15) is 0 Å². The Morgan fingerprint density at radius 2 is 1.04 bits per heavy atom. The lowest BCUT2D eigenvalue weighted by atomic mass is 9.99. The van der Waals surface area contributed by atoms with Crippen LogP contribution in [0.3, 0.4) is 0 Å². The molecule has 0 aliphatic carbocycles. The maximum absolute atomic E-state index is 4.72. The fraction of sp³-hybridized carbons (Fsp3) is 0. The first-order valence-corrected chi connectivity index (χ1v) is 9.71. The molecule has 27 heavy (non-hydrogen) atoms. The number of hydrogen-bond donors (Lipinski definition) is 0. The molecule has 0 saturated heterocycles. The lowest BCUT2D eigenvalue weighted by molar-refractivity contribution is 1.28. The van der Waals surface area contributed by atoms with Crippen molar-refractivity contribution in [1.29, 1.82) is 0 Å². The van der Waals surface area contributed by atoms with E-state index < -0.39 is 0 Å². The molecule has 0 saturated carbocycles. The summed E-state index contributed by atoms with van der Waals surface area (Å²) in [5.74, 6) is 0. The van der Waals surface area contributed by atoms with Crippen molar-refractivity contribution in [2.45, 2.75) is 0 Å². The quantitative estimate of drug-likeness (QED) is 0.275. The average Bonchev–Trinajstić information content (AvgIpc) is 2.72. The van der Waals surface area contributed by atoms with Crippen LogP contribution in [0.15, 0.2) is 102 Å². The van der Waals surface area contributed by atoms with Crippen molar-refractivity contribution in [3.63, 3.8) is 0 Å². The maximum Gasteiger partial charge on any atom is 0.107 e. The molecular formula is C25H16BrN. The first-order valence-electron chi connectivity index (χ1n) is 8.92. The van der Waals surface area contributed by atoms with Crippen LogP contribution in [0.4, 0.5) is 0 Å². The number of aromatic nitrogens is 1. The standard InChI is InChI=1S/C25H16BrN/c26-25-16-23(21-11-9-17-5-1-3-7-19(17)13-21)15-24(27-25)22-12-10-18-6-2-4-8-20(18)14-22/h1-16H. The van der Waals surface area contributed by atoms with E-state index >= 15 is 0 Å². The highest BCUT2D eigenvalue weighted by molar-refractivity contribution is 9.10. The number of halogens is 1. The van der Waals surface area contributed by atoms with Crippen LogP contribution in [0.2, 0.25) is 0 Å². The Morgan fingerprint density at radius 3 is 1.70 bits per heavy atom. The van der Waals surface area contributed by atoms with E-state index in [-0.39, 0.29) is 0 Å². The third-order valence-electron chi connectivity index (χ3n) is 4.92. The van der Waals surface area contributed by atoms with Crippen molar-refractivity contribution in [2.24, 2.45) is 0 Å². The van der Waals surface area contributed by atoms with Gasteiger partial charge in [0.1, 0.15) is 4.60 Å². The zero-order chi connectivity index (χ0) is 18.2. The summed E-state index contributed by atoms with van der Waals surface area (Å²) >= 11 is 3.60. The topological polar surface area (TPSA) is 12.9 Å². The molecule has 0 atom stereocenters. The van der Waals surface area contributed by atoms with Gasteiger partial charge in [-0.15, -0.1) is 0 Å². The lowest BCUT2D eigenvalue weighted by Crippen LogP contribution is -1.88. The molecule has 5 rings (SSSR count). The Kier molecular flexibility index (Phi) is 3.99. The SMILES string of the molecule is Brc1cc(-c2ccc3ccccc3c2)cc(-c2ccc3ccccc3c2)n1. The van der Waals surface area contributed by atoms with Crippen LogP contribution in [0.5, 0.6) is 0 Å². The molecule has 1 aromatic heterocycles. The number of benzene rings is 4. The molecule has 1 nitrogen and oxygen atoms in total. The van der Waals surface area contributed by atoms with E-state index in [0.717, 1.165) is 21.4 Å². The average molecular weight is 410 g/mol. The summed E-state index contributed by atoms with van der Waals surface area (Å²) in [5, 5.41) is 4.97. The van der Waals surface area contributed by atoms with Gasteiger partial charge in [-0.2, -0.15) is 0 Å². The van der Waals surface area contributed by atoms with Crippen molar-refractivity contribution in [3.8, 4) is 22.4 Å². The normalized spacial score (nSPS) is 11.1. The Bertz CT molecular complexity index is 1190. The number of fused-ring (bicyclic) bond motifs is 2. The van der Waals surface area contributed by atoms with Crippen molar-refractivity contribution in [3.05, 3.63) is 102 Å². The molecule has 0 bridgehead atoms. The molecule has 0 N–H and O–H groups in total. The lowest BCUT2D eigenvalue weighted by Gasteiger charge is -2.09. The molecule has 0 aliphatic heterocycles. The van der Waals surface area contributed by atoms with Crippen LogP contribution in [-0.2, 0) is 0 Å². The van der Waals surface area contributed by atoms with Crippen LogP contribution >= 0.6 is 15.9 Å². The second-order valence-electron chi connectivity index (χ2n) is 6.69. The number of rotatable bonds is 2. The van der Waals surface area contributed by atoms with Crippen molar-refractivity contribution >= 4 is 37.5 Å². The second-order valence-corrected chi connectivity index (χ2v) is 7.50. The third kappa shape index (κ3) is 3.13. The second kappa shape index (κ2) is 6.64. The zero-order valence-electron chi connectivity index (χ0n) is 14.6. The minimum Gasteiger partial charge on any atom is -0.241 e. The van der Waals surface area contributed by atoms with Gasteiger partial charge in [-0.25, -0.2) is 4.98 Å². The highest BCUT2D eigenvalue weighted by Crippen LogP contribution is 2.31. The fourth-order valence-corrected chi connectivity index (χ4v) is 3.97. The van der Waals surface area contributed by atoms with Crippen molar-refractivity contribution < 1.29 is 0 Å². The molecule has 0 fully saturated rings. The Balaban J connectivity index is 1.64. The Morgan fingerprint density at radius 1 is 0.481 bits per heavy atom. The maximum atomic E-state index is 4.72. The van der Waals surface area contributed by atoms with Gasteiger partial charge >= 0.3 is 0 Å². The first-order chi connectivity index (χ1) is 13.3. The minimum absolute atomic E-state index is 0.844. The van der Waals surface area contributed by atoms with Crippen molar-refractivity contribution in [1.82, 2.24) is 4.98 Å². The van der Waals surface area contributed by atoms with Crippen LogP contribution in [0, 0.1) is 0 Å². The summed E-state index contributed by atoms with van der Waals surface area (Å²) in [7, 11) is 0. The molecule has 0 amide bonds. The summed E-state index contributed by atoms with van der Waals surface area (Å²) < 4.78 is 0.844. The zero-order valence-corrected chi connectivity index (χ0v) is 16.1. The smallest absolute Gasteiger partial charge is 0.107 e. The van der Waals surface area contributed by atoms with Gasteiger partial charge in [0.2, 0.25) is 0 Å². The van der Waals surface area contributed by atoms with Crippen LogP contribution in [0.25, 0.3) is 43.9 Å². The van der Waals surface area contributed by atoms with Crippen LogP contribution in [0.1, 0.15) is 0 Å². The molecule has 0 aliphatic rings. The van der Waals surface area contributed by atoms with E-state index in [1.54, 1.807) is 0 Å². The molecule has 0 spiro atoms. The van der Waals surface area contributed by atoms with Gasteiger partial charge in [0.05, 0.1) is 5.69 Å². The first kappa shape index (κ1) is 16.2. The highest BCUT2D eigenvalue weighted by Gasteiger charge is 2.07. The molecule has 128 valence electrons. The fourth-order valence-electron chi connectivity index (χ4n) is 3.53. The van der Waals surface area contributed by atoms with Crippen molar-refractivity contribution in [2.75, 3.05) is 0 Å². The minimum atomic E-state index is 0.844. The van der Waals surface area contributed by atoms with Crippen LogP contribution < -0.4 is 0 Å². The van der Waals surface area contributed by atoms with Gasteiger partial charge in [-0.1, -0.05) is 72.8 Å². The molecule has 0 radical (unpaired) electrons. The van der Waals surface area contributed by atoms with Gasteiger partial charge < -0.3 is 0 Å². The Hall–Kier alpha value is -2.97. The largest absolute Gasteiger partial charge is 0.241 e. The molecular weight excluding hydrogens is 394 g/mol. The van der Waals surface area contributed by atoms with Gasteiger partial charge in [-0.3, -0.25) is 0 Å². The number of nitrogens with zero attached hydrogens (tertiary/aromatic N) is 1. The molecule has 5 aromatic rings. The molecule has 4 aromatic carbocycles. The van der Waals surface area contributed by atoms with Gasteiger partial charge in [0.15, 0.2) is 0 Å². The third-order valence-corrected chi connectivity index (χ3v) is 5.33. The van der Waals surface area contributed by atoms with Gasteiger partial charge in [0, 0.05) is 5.56 Å². The van der Waals surface area contributed by atoms with E-state index in [4.69, 9.17) is 4.98 Å². The Labute approximate surface area is 166 Å². The van der Waals surface area contributed by atoms with Gasteiger partial charge in [-0.05, 0) is 72.9 Å². The summed E-state index contributed by atoms with van der Waals surface area (Å²) in [6.07, 6.45) is 0. The van der Waals surface area contributed by atoms with Crippen LogP contribution in [-0.4, -0.2) is 4.98 Å². The molecule has 0 unspecified atom stereocenters. The predicted octanol–water partition coefficient (Wildman–Crippen LogP) is 7.48. The highest BCUT2D eigenvalue weighted by atomic mass is 79.9. The summed E-state index contributed by atoms with van der Waals surface area (Å²) in [6.45, 7) is 0. The predicted molar refractivity (Wildman–Crippen MR) is 118 cm³/mol.